The molecule has 146 valence electrons. The summed E-state index contributed by atoms with van der Waals surface area (Å²) in [4.78, 5) is 8.74. The second-order valence-electron chi connectivity index (χ2n) is 6.04. The number of pyridine rings is 1. The number of hydrogen-bond acceptors (Lipinski definition) is 6. The van der Waals surface area contributed by atoms with Crippen molar-refractivity contribution in [3.63, 3.8) is 0 Å². The lowest BCUT2D eigenvalue weighted by Crippen LogP contribution is -2.28. The fourth-order valence-electron chi connectivity index (χ4n) is 2.79. The predicted molar refractivity (Wildman–Crippen MR) is 116 cm³/mol. The molecule has 4 rings (SSSR count). The van der Waals surface area contributed by atoms with E-state index in [9.17, 15) is 0 Å². The molecule has 0 amide bonds. The largest absolute Gasteiger partial charge is 0.494 e. The minimum Gasteiger partial charge on any atom is -0.494 e. The van der Waals surface area contributed by atoms with Crippen LogP contribution >= 0.6 is 23.8 Å². The van der Waals surface area contributed by atoms with E-state index in [1.54, 1.807) is 25.4 Å². The van der Waals surface area contributed by atoms with Gasteiger partial charge in [0.05, 0.1) is 13.7 Å². The topological polar surface area (TPSA) is 85.1 Å². The molecule has 0 spiro atoms. The molecule has 29 heavy (non-hydrogen) atoms. The smallest absolute Gasteiger partial charge is 0.246 e. The van der Waals surface area contributed by atoms with Crippen molar-refractivity contribution >= 4 is 45.5 Å². The first kappa shape index (κ1) is 19.1. The highest BCUT2D eigenvalue weighted by Gasteiger charge is 2.11. The summed E-state index contributed by atoms with van der Waals surface area (Å²) in [5.41, 5.74) is 2.40. The third-order valence-corrected chi connectivity index (χ3v) is 4.67. The number of aromatic nitrogens is 3. The number of benzene rings is 2. The molecule has 7 nitrogen and oxygen atoms in total. The number of fused-ring (bicyclic) bond motifs is 1. The summed E-state index contributed by atoms with van der Waals surface area (Å²) in [5.74, 6) is 1.61. The maximum Gasteiger partial charge on any atom is 0.246 e. The monoisotopic (exact) mass is 425 g/mol. The summed E-state index contributed by atoms with van der Waals surface area (Å²) >= 11 is 11.3. The molecular weight excluding hydrogens is 410 g/mol. The first-order chi connectivity index (χ1) is 14.1. The molecule has 0 saturated carbocycles. The van der Waals surface area contributed by atoms with Gasteiger partial charge in [-0.2, -0.15) is 4.98 Å². The standard InChI is InChI=1S/C20H16ClN5O2S/c1-27-16-9-8-15(14-3-2-10-22-18(14)16)24-20(29)23-11-17-25-19(26-28-17)12-4-6-13(21)7-5-12/h2-10H,11H2,1H3,(H2,23,24,29). The molecular formula is C20H16ClN5O2S. The van der Waals surface area contributed by atoms with Gasteiger partial charge in [-0.1, -0.05) is 16.8 Å². The van der Waals surface area contributed by atoms with Crippen LogP contribution in [0.15, 0.2) is 59.3 Å². The van der Waals surface area contributed by atoms with Crippen LogP contribution in [0.5, 0.6) is 5.75 Å². The highest BCUT2D eigenvalue weighted by molar-refractivity contribution is 7.80. The van der Waals surface area contributed by atoms with E-state index in [1.165, 1.54) is 0 Å². The molecule has 0 unspecified atom stereocenters. The Bertz CT molecular complexity index is 1160. The van der Waals surface area contributed by atoms with Gasteiger partial charge in [-0.15, -0.1) is 0 Å². The zero-order valence-corrected chi connectivity index (χ0v) is 16.9. The van der Waals surface area contributed by atoms with E-state index >= 15 is 0 Å². The van der Waals surface area contributed by atoms with Crippen molar-refractivity contribution in [3.05, 3.63) is 65.6 Å². The lowest BCUT2D eigenvalue weighted by atomic mass is 10.1. The van der Waals surface area contributed by atoms with Crippen molar-refractivity contribution in [3.8, 4) is 17.1 Å². The SMILES string of the molecule is COc1ccc(NC(=S)NCc2nc(-c3ccc(Cl)cc3)no2)c2cccnc12. The fourth-order valence-corrected chi connectivity index (χ4v) is 3.09. The zero-order valence-electron chi connectivity index (χ0n) is 15.3. The number of nitrogens with zero attached hydrogens (tertiary/aromatic N) is 3. The number of thiocarbonyl (C=S) groups is 1. The van der Waals surface area contributed by atoms with E-state index in [0.29, 0.717) is 34.1 Å². The summed E-state index contributed by atoms with van der Waals surface area (Å²) in [6.45, 7) is 0.290. The Kier molecular flexibility index (Phi) is 5.55. The number of hydrogen-bond donors (Lipinski definition) is 2. The Labute approximate surface area is 177 Å². The van der Waals surface area contributed by atoms with Gasteiger partial charge in [-0.25, -0.2) is 0 Å². The highest BCUT2D eigenvalue weighted by Crippen LogP contribution is 2.29. The first-order valence-corrected chi connectivity index (χ1v) is 9.48. The summed E-state index contributed by atoms with van der Waals surface area (Å²) in [7, 11) is 1.62. The Morgan fingerprint density at radius 3 is 2.79 bits per heavy atom. The molecule has 4 aromatic rings. The van der Waals surface area contributed by atoms with Crippen molar-refractivity contribution < 1.29 is 9.26 Å². The Hall–Kier alpha value is -3.23. The van der Waals surface area contributed by atoms with Gasteiger partial charge < -0.3 is 19.9 Å². The maximum atomic E-state index is 5.90. The molecule has 0 saturated heterocycles. The molecule has 0 aliphatic heterocycles. The molecule has 2 N–H and O–H groups in total. The summed E-state index contributed by atoms with van der Waals surface area (Å²) in [6, 6.07) is 14.8. The number of ether oxygens (including phenoxy) is 1. The number of rotatable bonds is 5. The highest BCUT2D eigenvalue weighted by atomic mass is 35.5. The van der Waals surface area contributed by atoms with Crippen molar-refractivity contribution in [2.45, 2.75) is 6.54 Å². The van der Waals surface area contributed by atoms with Crippen molar-refractivity contribution in [1.82, 2.24) is 20.4 Å². The van der Waals surface area contributed by atoms with Crippen LogP contribution in [0.2, 0.25) is 5.02 Å². The quantitative estimate of drug-likeness (QED) is 0.454. The molecule has 2 aromatic carbocycles. The predicted octanol–water partition coefficient (Wildman–Crippen LogP) is 4.43. The van der Waals surface area contributed by atoms with Gasteiger partial charge in [-0.05, 0) is 60.7 Å². The van der Waals surface area contributed by atoms with Gasteiger partial charge in [0.25, 0.3) is 0 Å². The van der Waals surface area contributed by atoms with Gasteiger partial charge in [0, 0.05) is 27.9 Å². The van der Waals surface area contributed by atoms with Gasteiger partial charge >= 0.3 is 0 Å². The van der Waals surface area contributed by atoms with Crippen molar-refractivity contribution in [1.29, 1.82) is 0 Å². The average molecular weight is 426 g/mol. The third kappa shape index (κ3) is 4.28. The average Bonchev–Trinajstić information content (AvgIpc) is 3.22. The van der Waals surface area contributed by atoms with Crippen LogP contribution in [0.25, 0.3) is 22.3 Å². The number of methoxy groups -OCH3 is 1. The number of anilines is 1. The molecule has 0 atom stereocenters. The summed E-state index contributed by atoms with van der Waals surface area (Å²) in [5, 5.41) is 12.2. The molecule has 0 fully saturated rings. The maximum absolute atomic E-state index is 5.90. The Balaban J connectivity index is 1.42. The summed E-state index contributed by atoms with van der Waals surface area (Å²) in [6.07, 6.45) is 1.72. The molecule has 9 heteroatoms. The summed E-state index contributed by atoms with van der Waals surface area (Å²) < 4.78 is 10.6. The van der Waals surface area contributed by atoms with Gasteiger partial charge in [0.1, 0.15) is 11.3 Å². The van der Waals surface area contributed by atoms with Crippen LogP contribution in [0.1, 0.15) is 5.89 Å². The molecule has 2 aromatic heterocycles. The van der Waals surface area contributed by atoms with Crippen LogP contribution in [0, 0.1) is 0 Å². The molecule has 0 radical (unpaired) electrons. The minimum atomic E-state index is 0.290. The molecule has 0 aliphatic rings. The van der Waals surface area contributed by atoms with E-state index in [2.05, 4.69) is 25.8 Å². The van der Waals surface area contributed by atoms with Crippen LogP contribution in [-0.2, 0) is 6.54 Å². The number of nitrogens with one attached hydrogen (secondary N) is 2. The molecule has 0 bridgehead atoms. The van der Waals surface area contributed by atoms with E-state index in [0.717, 1.165) is 22.2 Å². The lowest BCUT2D eigenvalue weighted by Gasteiger charge is -2.13. The van der Waals surface area contributed by atoms with E-state index in [4.69, 9.17) is 33.1 Å². The van der Waals surface area contributed by atoms with E-state index < -0.39 is 0 Å². The van der Waals surface area contributed by atoms with Crippen molar-refractivity contribution in [2.75, 3.05) is 12.4 Å². The Morgan fingerprint density at radius 2 is 2.00 bits per heavy atom. The van der Waals surface area contributed by atoms with Gasteiger partial charge in [0.2, 0.25) is 11.7 Å². The van der Waals surface area contributed by atoms with Gasteiger partial charge in [-0.3, -0.25) is 4.98 Å². The van der Waals surface area contributed by atoms with Crippen LogP contribution in [0.3, 0.4) is 0 Å². The Morgan fingerprint density at radius 1 is 1.17 bits per heavy atom. The minimum absolute atomic E-state index is 0.290. The van der Waals surface area contributed by atoms with Crippen LogP contribution in [-0.4, -0.2) is 27.3 Å². The van der Waals surface area contributed by atoms with Crippen LogP contribution < -0.4 is 15.4 Å². The zero-order chi connectivity index (χ0) is 20.2. The first-order valence-electron chi connectivity index (χ1n) is 8.69. The van der Waals surface area contributed by atoms with Gasteiger partial charge in [0.15, 0.2) is 5.11 Å². The lowest BCUT2D eigenvalue weighted by molar-refractivity contribution is 0.376. The third-order valence-electron chi connectivity index (χ3n) is 4.17. The molecule has 0 aliphatic carbocycles. The number of halogens is 1. The second-order valence-corrected chi connectivity index (χ2v) is 6.89. The van der Waals surface area contributed by atoms with E-state index in [-0.39, 0.29) is 0 Å². The normalized spacial score (nSPS) is 10.7. The van der Waals surface area contributed by atoms with Crippen molar-refractivity contribution in [2.24, 2.45) is 0 Å². The molecule has 2 heterocycles. The van der Waals surface area contributed by atoms with E-state index in [1.807, 2.05) is 36.4 Å². The fraction of sp³-hybridized carbons (Fsp3) is 0.100. The van der Waals surface area contributed by atoms with Crippen LogP contribution in [0.4, 0.5) is 5.69 Å². The second kappa shape index (κ2) is 8.42.